The van der Waals surface area contributed by atoms with Gasteiger partial charge in [0.2, 0.25) is 0 Å². The van der Waals surface area contributed by atoms with Gasteiger partial charge < -0.3 is 10.6 Å². The van der Waals surface area contributed by atoms with Gasteiger partial charge in [-0.3, -0.25) is 5.41 Å². The molecule has 0 fully saturated rings. The van der Waals surface area contributed by atoms with E-state index in [0.717, 1.165) is 17.8 Å². The quantitative estimate of drug-likeness (QED) is 0.666. The van der Waals surface area contributed by atoms with Crippen LogP contribution in [0.4, 0.5) is 5.69 Å². The first kappa shape index (κ1) is 15.1. The summed E-state index contributed by atoms with van der Waals surface area (Å²) < 4.78 is 0. The number of para-hydroxylation sites is 1. The lowest BCUT2D eigenvalue weighted by Gasteiger charge is -2.22. The number of anilines is 1. The number of hydrogen-bond donors (Lipinski definition) is 2. The molecule has 0 radical (unpaired) electrons. The first-order valence-electron chi connectivity index (χ1n) is 5.87. The third-order valence-corrected chi connectivity index (χ3v) is 2.87. The van der Waals surface area contributed by atoms with Crippen LogP contribution in [0, 0.1) is 5.41 Å². The van der Waals surface area contributed by atoms with Crippen LogP contribution in [0.5, 0.6) is 0 Å². The maximum Gasteiger partial charge on any atom is 0.124 e. The van der Waals surface area contributed by atoms with Gasteiger partial charge in [-0.15, -0.1) is 12.4 Å². The van der Waals surface area contributed by atoms with Gasteiger partial charge in [-0.25, -0.2) is 0 Å². The van der Waals surface area contributed by atoms with Crippen molar-refractivity contribution in [2.75, 3.05) is 11.9 Å². The fourth-order valence-electron chi connectivity index (χ4n) is 1.98. The van der Waals surface area contributed by atoms with E-state index in [9.17, 15) is 0 Å². The van der Waals surface area contributed by atoms with Crippen LogP contribution < -0.4 is 10.6 Å². The smallest absolute Gasteiger partial charge is 0.124 e. The highest BCUT2D eigenvalue weighted by Gasteiger charge is 2.09. The minimum atomic E-state index is 0. The Kier molecular flexibility index (Phi) is 5.39. The minimum absolute atomic E-state index is 0. The summed E-state index contributed by atoms with van der Waals surface area (Å²) in [4.78, 5) is 2.10. The fourth-order valence-corrected chi connectivity index (χ4v) is 1.98. The number of nitrogens with two attached hydrogens (primary N) is 1. The molecular formula is C15H18ClN3. The number of hydrogen-bond acceptors (Lipinski definition) is 2. The van der Waals surface area contributed by atoms with Gasteiger partial charge in [0.05, 0.1) is 0 Å². The summed E-state index contributed by atoms with van der Waals surface area (Å²) in [5.74, 6) is 0.102. The largest absolute Gasteiger partial charge is 0.384 e. The maximum absolute atomic E-state index is 7.60. The lowest BCUT2D eigenvalue weighted by Crippen LogP contribution is -2.21. The van der Waals surface area contributed by atoms with Crippen molar-refractivity contribution in [3.8, 4) is 0 Å². The molecular weight excluding hydrogens is 258 g/mol. The Morgan fingerprint density at radius 1 is 1.05 bits per heavy atom. The first-order valence-corrected chi connectivity index (χ1v) is 5.87. The molecule has 0 saturated heterocycles. The van der Waals surface area contributed by atoms with Gasteiger partial charge in [0.25, 0.3) is 0 Å². The second-order valence-electron chi connectivity index (χ2n) is 4.27. The van der Waals surface area contributed by atoms with E-state index in [-0.39, 0.29) is 18.2 Å². The molecule has 0 aliphatic carbocycles. The van der Waals surface area contributed by atoms with E-state index >= 15 is 0 Å². The van der Waals surface area contributed by atoms with E-state index in [4.69, 9.17) is 11.1 Å². The molecule has 3 nitrogen and oxygen atoms in total. The van der Waals surface area contributed by atoms with E-state index in [2.05, 4.69) is 17.0 Å². The highest BCUT2D eigenvalue weighted by molar-refractivity contribution is 6.00. The fraction of sp³-hybridized carbons (Fsp3) is 0.133. The number of rotatable bonds is 4. The zero-order chi connectivity index (χ0) is 13.0. The molecule has 0 aromatic heterocycles. The van der Waals surface area contributed by atoms with Crippen LogP contribution in [0.15, 0.2) is 54.6 Å². The predicted molar refractivity (Wildman–Crippen MR) is 83.3 cm³/mol. The van der Waals surface area contributed by atoms with Gasteiger partial charge in [-0.2, -0.15) is 0 Å². The zero-order valence-corrected chi connectivity index (χ0v) is 11.7. The standard InChI is InChI=1S/C15H17N3.ClH/c1-18(11-12-7-3-2-4-8-12)14-10-6-5-9-13(14)15(16)17;/h2-10H,11H2,1H3,(H3,16,17);1H. The van der Waals surface area contributed by atoms with Gasteiger partial charge in [0, 0.05) is 24.8 Å². The third-order valence-electron chi connectivity index (χ3n) is 2.87. The molecule has 4 heteroatoms. The second kappa shape index (κ2) is 6.81. The Bertz CT molecular complexity index is 540. The molecule has 0 spiro atoms. The Labute approximate surface area is 120 Å². The zero-order valence-electron chi connectivity index (χ0n) is 10.8. The van der Waals surface area contributed by atoms with Crippen molar-refractivity contribution in [3.63, 3.8) is 0 Å². The number of nitrogens with one attached hydrogen (secondary N) is 1. The maximum atomic E-state index is 7.60. The molecule has 2 aromatic carbocycles. The summed E-state index contributed by atoms with van der Waals surface area (Å²) in [6.07, 6.45) is 0. The van der Waals surface area contributed by atoms with Crippen molar-refractivity contribution in [1.29, 1.82) is 5.41 Å². The van der Waals surface area contributed by atoms with Crippen LogP contribution in [0.1, 0.15) is 11.1 Å². The van der Waals surface area contributed by atoms with E-state index in [1.807, 2.05) is 49.5 Å². The van der Waals surface area contributed by atoms with Crippen LogP contribution >= 0.6 is 12.4 Å². The normalized spacial score (nSPS) is 9.53. The Morgan fingerprint density at radius 3 is 2.26 bits per heavy atom. The molecule has 100 valence electrons. The molecule has 19 heavy (non-hydrogen) atoms. The summed E-state index contributed by atoms with van der Waals surface area (Å²) in [5.41, 5.74) is 8.59. The lowest BCUT2D eigenvalue weighted by molar-refractivity contribution is 0.921. The Balaban J connectivity index is 0.00000180. The number of nitrogen functional groups attached to an aromatic ring is 1. The number of amidine groups is 1. The highest BCUT2D eigenvalue weighted by Crippen LogP contribution is 2.20. The van der Waals surface area contributed by atoms with Crippen LogP contribution in [-0.2, 0) is 6.54 Å². The van der Waals surface area contributed by atoms with Crippen LogP contribution in [0.3, 0.4) is 0 Å². The third kappa shape index (κ3) is 3.73. The Hall–Kier alpha value is -2.00. The summed E-state index contributed by atoms with van der Waals surface area (Å²) >= 11 is 0. The molecule has 2 aromatic rings. The number of nitrogens with zero attached hydrogens (tertiary/aromatic N) is 1. The molecule has 0 aliphatic heterocycles. The van der Waals surface area contributed by atoms with Crippen LogP contribution in [0.2, 0.25) is 0 Å². The first-order chi connectivity index (χ1) is 8.68. The molecule has 0 bridgehead atoms. The van der Waals surface area contributed by atoms with E-state index in [1.165, 1.54) is 5.56 Å². The molecule has 0 atom stereocenters. The number of halogens is 1. The van der Waals surface area contributed by atoms with Gasteiger partial charge in [-0.1, -0.05) is 42.5 Å². The minimum Gasteiger partial charge on any atom is -0.384 e. The van der Waals surface area contributed by atoms with Crippen molar-refractivity contribution in [3.05, 3.63) is 65.7 Å². The lowest BCUT2D eigenvalue weighted by atomic mass is 10.1. The average molecular weight is 276 g/mol. The van der Waals surface area contributed by atoms with Gasteiger partial charge in [0.15, 0.2) is 0 Å². The topological polar surface area (TPSA) is 53.1 Å². The van der Waals surface area contributed by atoms with Gasteiger partial charge >= 0.3 is 0 Å². The molecule has 0 heterocycles. The summed E-state index contributed by atoms with van der Waals surface area (Å²) in [6, 6.07) is 18.0. The average Bonchev–Trinajstić information content (AvgIpc) is 2.40. The summed E-state index contributed by atoms with van der Waals surface area (Å²) in [7, 11) is 2.01. The highest BCUT2D eigenvalue weighted by atomic mass is 35.5. The summed E-state index contributed by atoms with van der Waals surface area (Å²) in [5, 5.41) is 7.60. The van der Waals surface area contributed by atoms with E-state index in [1.54, 1.807) is 0 Å². The van der Waals surface area contributed by atoms with Crippen molar-refractivity contribution in [2.45, 2.75) is 6.54 Å². The monoisotopic (exact) mass is 275 g/mol. The van der Waals surface area contributed by atoms with E-state index in [0.29, 0.717) is 0 Å². The molecule has 0 saturated carbocycles. The molecule has 2 rings (SSSR count). The molecule has 0 aliphatic rings. The van der Waals surface area contributed by atoms with Crippen molar-refractivity contribution in [2.24, 2.45) is 5.73 Å². The molecule has 0 amide bonds. The van der Waals surface area contributed by atoms with Crippen molar-refractivity contribution < 1.29 is 0 Å². The molecule has 3 N–H and O–H groups in total. The van der Waals surface area contributed by atoms with Crippen LogP contribution in [-0.4, -0.2) is 12.9 Å². The molecule has 0 unspecified atom stereocenters. The van der Waals surface area contributed by atoms with Gasteiger partial charge in [-0.05, 0) is 17.7 Å². The Morgan fingerprint density at radius 2 is 1.63 bits per heavy atom. The summed E-state index contributed by atoms with van der Waals surface area (Å²) in [6.45, 7) is 0.797. The van der Waals surface area contributed by atoms with E-state index < -0.39 is 0 Å². The predicted octanol–water partition coefficient (Wildman–Crippen LogP) is 3.03. The van der Waals surface area contributed by atoms with Crippen LogP contribution in [0.25, 0.3) is 0 Å². The van der Waals surface area contributed by atoms with Crippen molar-refractivity contribution in [1.82, 2.24) is 0 Å². The SMILES string of the molecule is CN(Cc1ccccc1)c1ccccc1C(=N)N.Cl. The van der Waals surface area contributed by atoms with Crippen molar-refractivity contribution >= 4 is 23.9 Å². The van der Waals surface area contributed by atoms with Gasteiger partial charge in [0.1, 0.15) is 5.84 Å². The second-order valence-corrected chi connectivity index (χ2v) is 4.27. The number of benzene rings is 2.